The molecular weight excluding hydrogens is 715 g/mol. The van der Waals surface area contributed by atoms with E-state index < -0.39 is 39.2 Å². The van der Waals surface area contributed by atoms with Gasteiger partial charge in [-0.15, -0.1) is 0 Å². The summed E-state index contributed by atoms with van der Waals surface area (Å²) in [5.41, 5.74) is 0. The van der Waals surface area contributed by atoms with Crippen molar-refractivity contribution in [1.82, 2.24) is 0 Å². The fourth-order valence-electron chi connectivity index (χ4n) is 5.55. The first-order valence-electron chi connectivity index (χ1n) is 21.8. The van der Waals surface area contributed by atoms with E-state index in [4.69, 9.17) is 23.6 Å². The summed E-state index contributed by atoms with van der Waals surface area (Å²) in [6.07, 6.45) is 47.4. The van der Waals surface area contributed by atoms with Crippen LogP contribution in [-0.2, 0) is 27.9 Å². The van der Waals surface area contributed by atoms with Gasteiger partial charge in [-0.3, -0.25) is 13.8 Å². The SMILES string of the molecule is CCCC/C=C\C/C=C\CCCCCCCCOCC(COP(=O)(O)OCC(O)CO)OC(=O)CCCCCCCC/C=C\C/C=C\C/C=C\CCCCC. The minimum absolute atomic E-state index is 0.0341. The molecule has 3 atom stereocenters. The Morgan fingerprint density at radius 2 is 1.00 bits per heavy atom. The fourth-order valence-corrected chi connectivity index (χ4v) is 6.34. The van der Waals surface area contributed by atoms with Crippen LogP contribution in [0.5, 0.6) is 0 Å². The standard InChI is InChI=1S/C45H81O9P/c1-3-5-7-9-11-13-15-17-19-20-21-22-23-25-27-29-31-33-35-37-45(48)54-44(42-53-55(49,50)52-40-43(47)39-46)41-51-38-36-34-32-30-28-26-24-18-16-14-12-10-8-6-4-2/h10-13,16-19,21-22,43-44,46-47H,3-9,14-15,20,23-42H2,1-2H3,(H,49,50)/b12-10-,13-11-,18-16-,19-17-,22-21-. The summed E-state index contributed by atoms with van der Waals surface area (Å²) < 4.78 is 33.3. The Morgan fingerprint density at radius 3 is 1.53 bits per heavy atom. The first-order chi connectivity index (χ1) is 26.8. The molecule has 0 saturated carbocycles. The third kappa shape index (κ3) is 41.6. The van der Waals surface area contributed by atoms with Gasteiger partial charge in [-0.25, -0.2) is 4.57 Å². The summed E-state index contributed by atoms with van der Waals surface area (Å²) in [6, 6.07) is 0. The largest absolute Gasteiger partial charge is 0.472 e. The van der Waals surface area contributed by atoms with Gasteiger partial charge in [-0.1, -0.05) is 152 Å². The predicted octanol–water partition coefficient (Wildman–Crippen LogP) is 12.0. The van der Waals surface area contributed by atoms with Crippen LogP contribution in [0.2, 0.25) is 0 Å². The highest BCUT2D eigenvalue weighted by molar-refractivity contribution is 7.47. The molecule has 0 aliphatic rings. The van der Waals surface area contributed by atoms with Crippen LogP contribution in [0.1, 0.15) is 174 Å². The molecule has 0 radical (unpaired) electrons. The number of esters is 1. The van der Waals surface area contributed by atoms with Crippen molar-refractivity contribution in [2.45, 2.75) is 187 Å². The Balaban J connectivity index is 4.23. The monoisotopic (exact) mass is 797 g/mol. The number of phosphoric ester groups is 1. The van der Waals surface area contributed by atoms with Gasteiger partial charge in [0.25, 0.3) is 0 Å². The molecule has 0 aliphatic heterocycles. The normalized spacial score (nSPS) is 14.6. The van der Waals surface area contributed by atoms with Crippen molar-refractivity contribution in [3.8, 4) is 0 Å². The Labute approximate surface area is 336 Å². The maximum atomic E-state index is 12.6. The lowest BCUT2D eigenvalue weighted by molar-refractivity contribution is -0.154. The van der Waals surface area contributed by atoms with Gasteiger partial charge < -0.3 is 24.6 Å². The van der Waals surface area contributed by atoms with Crippen LogP contribution in [0.3, 0.4) is 0 Å². The predicted molar refractivity (Wildman–Crippen MR) is 228 cm³/mol. The third-order valence-corrected chi connectivity index (χ3v) is 9.88. The van der Waals surface area contributed by atoms with Crippen LogP contribution >= 0.6 is 7.82 Å². The molecule has 0 aromatic rings. The lowest BCUT2D eigenvalue weighted by Crippen LogP contribution is -2.29. The molecule has 3 unspecified atom stereocenters. The molecule has 0 aromatic heterocycles. The highest BCUT2D eigenvalue weighted by atomic mass is 31.2. The van der Waals surface area contributed by atoms with Gasteiger partial charge >= 0.3 is 13.8 Å². The van der Waals surface area contributed by atoms with Crippen molar-refractivity contribution in [2.75, 3.05) is 33.0 Å². The molecule has 0 fully saturated rings. The average molecular weight is 797 g/mol. The number of carbonyl (C=O) groups excluding carboxylic acids is 1. The Hall–Kier alpha value is -1.84. The van der Waals surface area contributed by atoms with E-state index in [0.29, 0.717) is 13.0 Å². The second-order valence-corrected chi connectivity index (χ2v) is 15.8. The lowest BCUT2D eigenvalue weighted by Gasteiger charge is -2.20. The number of unbranched alkanes of at least 4 members (excludes halogenated alkanes) is 17. The zero-order valence-electron chi connectivity index (χ0n) is 34.9. The van der Waals surface area contributed by atoms with Crippen molar-refractivity contribution >= 4 is 13.8 Å². The molecular formula is C45H81O9P. The maximum Gasteiger partial charge on any atom is 0.472 e. The van der Waals surface area contributed by atoms with Crippen LogP contribution in [0.25, 0.3) is 0 Å². The molecule has 0 rings (SSSR count). The van der Waals surface area contributed by atoms with E-state index in [1.165, 1.54) is 64.2 Å². The van der Waals surface area contributed by atoms with Crippen LogP contribution in [0.15, 0.2) is 60.8 Å². The van der Waals surface area contributed by atoms with E-state index in [1.807, 2.05) is 0 Å². The molecule has 0 saturated heterocycles. The van der Waals surface area contributed by atoms with E-state index in [-0.39, 0.29) is 19.6 Å². The van der Waals surface area contributed by atoms with E-state index >= 15 is 0 Å². The summed E-state index contributed by atoms with van der Waals surface area (Å²) in [7, 11) is -4.53. The highest BCUT2D eigenvalue weighted by Gasteiger charge is 2.26. The van der Waals surface area contributed by atoms with Crippen molar-refractivity contribution in [1.29, 1.82) is 0 Å². The molecule has 0 spiro atoms. The molecule has 10 heteroatoms. The van der Waals surface area contributed by atoms with Crippen molar-refractivity contribution in [3.63, 3.8) is 0 Å². The molecule has 0 aliphatic carbocycles. The number of hydrogen-bond donors (Lipinski definition) is 3. The Bertz CT molecular complexity index is 1040. The second-order valence-electron chi connectivity index (χ2n) is 14.4. The van der Waals surface area contributed by atoms with Crippen LogP contribution in [0.4, 0.5) is 0 Å². The number of aliphatic hydroxyl groups excluding tert-OH is 2. The van der Waals surface area contributed by atoms with Gasteiger partial charge in [0.15, 0.2) is 0 Å². The zero-order valence-corrected chi connectivity index (χ0v) is 35.8. The van der Waals surface area contributed by atoms with E-state index in [2.05, 4.69) is 74.6 Å². The molecule has 0 bridgehead atoms. The number of phosphoric acid groups is 1. The average Bonchev–Trinajstić information content (AvgIpc) is 3.18. The summed E-state index contributed by atoms with van der Waals surface area (Å²) >= 11 is 0. The fraction of sp³-hybridized carbons (Fsp3) is 0.756. The van der Waals surface area contributed by atoms with Gasteiger partial charge in [-0.2, -0.15) is 0 Å². The number of hydrogen-bond acceptors (Lipinski definition) is 8. The summed E-state index contributed by atoms with van der Waals surface area (Å²) in [4.78, 5) is 22.6. The quantitative estimate of drug-likeness (QED) is 0.0239. The smallest absolute Gasteiger partial charge is 0.457 e. The summed E-state index contributed by atoms with van der Waals surface area (Å²) in [5.74, 6) is -0.401. The summed E-state index contributed by atoms with van der Waals surface area (Å²) in [5, 5.41) is 18.3. The van der Waals surface area contributed by atoms with Gasteiger partial charge in [0, 0.05) is 13.0 Å². The van der Waals surface area contributed by atoms with Gasteiger partial charge in [0.1, 0.15) is 12.2 Å². The molecule has 55 heavy (non-hydrogen) atoms. The molecule has 9 nitrogen and oxygen atoms in total. The Kier molecular flexibility index (Phi) is 40.4. The summed E-state index contributed by atoms with van der Waals surface area (Å²) in [6.45, 7) is 3.40. The van der Waals surface area contributed by atoms with Crippen molar-refractivity contribution in [2.24, 2.45) is 0 Å². The molecule has 0 aromatic carbocycles. The topological polar surface area (TPSA) is 132 Å². The van der Waals surface area contributed by atoms with E-state index in [0.717, 1.165) is 83.5 Å². The number of aliphatic hydroxyl groups is 2. The second kappa shape index (κ2) is 41.8. The number of ether oxygens (including phenoxy) is 2. The number of allylic oxidation sites excluding steroid dienone is 10. The third-order valence-electron chi connectivity index (χ3n) is 8.93. The van der Waals surface area contributed by atoms with Crippen molar-refractivity contribution < 1.29 is 43.0 Å². The van der Waals surface area contributed by atoms with E-state index in [9.17, 15) is 19.4 Å². The van der Waals surface area contributed by atoms with Crippen LogP contribution in [-0.4, -0.2) is 66.3 Å². The minimum atomic E-state index is -4.53. The van der Waals surface area contributed by atoms with Gasteiger partial charge in [-0.05, 0) is 77.0 Å². The molecule has 3 N–H and O–H groups in total. The van der Waals surface area contributed by atoms with E-state index in [1.54, 1.807) is 0 Å². The first kappa shape index (κ1) is 53.2. The first-order valence-corrected chi connectivity index (χ1v) is 23.3. The maximum absolute atomic E-state index is 12.6. The van der Waals surface area contributed by atoms with Crippen molar-refractivity contribution in [3.05, 3.63) is 60.8 Å². The zero-order chi connectivity index (χ0) is 40.3. The van der Waals surface area contributed by atoms with Crippen LogP contribution in [0, 0.1) is 0 Å². The number of rotatable bonds is 41. The lowest BCUT2D eigenvalue weighted by atomic mass is 10.1. The minimum Gasteiger partial charge on any atom is -0.457 e. The molecule has 0 heterocycles. The Morgan fingerprint density at radius 1 is 0.564 bits per heavy atom. The highest BCUT2D eigenvalue weighted by Crippen LogP contribution is 2.43. The van der Waals surface area contributed by atoms with Crippen LogP contribution < -0.4 is 0 Å². The molecule has 0 amide bonds. The molecule has 320 valence electrons. The van der Waals surface area contributed by atoms with Gasteiger partial charge in [0.2, 0.25) is 0 Å². The van der Waals surface area contributed by atoms with Gasteiger partial charge in [0.05, 0.1) is 26.4 Å². The number of carbonyl (C=O) groups is 1.